The molecule has 1 aromatic rings. The molecular formula is C21H34N2O2S2. The highest BCUT2D eigenvalue weighted by molar-refractivity contribution is 8.76. The number of Topliss-reactive ketones (excluding diaryl/α,β-unsaturated/α-hetero) is 1. The highest BCUT2D eigenvalue weighted by Crippen LogP contribution is 2.29. The molecule has 0 aliphatic heterocycles. The Bertz CT molecular complexity index is 579. The first-order valence-electron chi connectivity index (χ1n) is 9.84. The average Bonchev–Trinajstić information content (AvgIpc) is 2.62. The molecule has 4 nitrogen and oxygen atoms in total. The molecule has 2 atom stereocenters. The van der Waals surface area contributed by atoms with Crippen LogP contribution in [0.15, 0.2) is 29.4 Å². The number of carbonyl (C=O) groups excluding carboxylic acids is 2. The Kier molecular flexibility index (Phi) is 11.1. The molecule has 27 heavy (non-hydrogen) atoms. The van der Waals surface area contributed by atoms with Crippen molar-refractivity contribution in [3.8, 4) is 0 Å². The monoisotopic (exact) mass is 410 g/mol. The Morgan fingerprint density at radius 1 is 1.26 bits per heavy atom. The minimum Gasteiger partial charge on any atom is -0.351 e. The molecule has 0 aromatic carbocycles. The lowest BCUT2D eigenvalue weighted by atomic mass is 9.82. The average molecular weight is 411 g/mol. The number of nitrogens with zero attached hydrogens (tertiary/aromatic N) is 1. The van der Waals surface area contributed by atoms with Crippen LogP contribution in [-0.4, -0.2) is 28.0 Å². The van der Waals surface area contributed by atoms with Gasteiger partial charge in [-0.3, -0.25) is 9.59 Å². The van der Waals surface area contributed by atoms with Gasteiger partial charge in [0.25, 0.3) is 0 Å². The molecule has 6 heteroatoms. The van der Waals surface area contributed by atoms with Gasteiger partial charge in [-0.25, -0.2) is 4.98 Å². The third-order valence-electron chi connectivity index (χ3n) is 4.51. The van der Waals surface area contributed by atoms with E-state index in [9.17, 15) is 9.59 Å². The van der Waals surface area contributed by atoms with Crippen LogP contribution in [0.4, 0.5) is 0 Å². The maximum Gasteiger partial charge on any atom is 0.221 e. The Morgan fingerprint density at radius 3 is 2.59 bits per heavy atom. The van der Waals surface area contributed by atoms with Crippen LogP contribution in [0.5, 0.6) is 0 Å². The summed E-state index contributed by atoms with van der Waals surface area (Å²) in [6, 6.07) is 5.81. The fraction of sp³-hybridized carbons (Fsp3) is 0.667. The molecule has 1 rings (SSSR count). The molecular weight excluding hydrogens is 376 g/mol. The molecule has 1 amide bonds. The molecule has 1 N–H and O–H groups in total. The zero-order valence-corrected chi connectivity index (χ0v) is 18.9. The summed E-state index contributed by atoms with van der Waals surface area (Å²) >= 11 is 0. The number of nitrogens with one attached hydrogen (secondary N) is 1. The lowest BCUT2D eigenvalue weighted by Gasteiger charge is -2.30. The van der Waals surface area contributed by atoms with Crippen LogP contribution in [0.2, 0.25) is 0 Å². The third kappa shape index (κ3) is 9.65. The van der Waals surface area contributed by atoms with Crippen molar-refractivity contribution in [2.75, 3.05) is 5.75 Å². The largest absolute Gasteiger partial charge is 0.351 e. The summed E-state index contributed by atoms with van der Waals surface area (Å²) < 4.78 is 0. The number of pyridine rings is 1. The van der Waals surface area contributed by atoms with Crippen molar-refractivity contribution >= 4 is 33.3 Å². The van der Waals surface area contributed by atoms with Crippen LogP contribution in [0.3, 0.4) is 0 Å². The SMILES string of the molecule is CCCC(CC)C(=O)C(C)CC(C)(C)NC(=O)CCSSc1ccccn1. The number of aromatic nitrogens is 1. The molecule has 0 bridgehead atoms. The fourth-order valence-corrected chi connectivity index (χ4v) is 5.16. The first-order chi connectivity index (χ1) is 12.8. The van der Waals surface area contributed by atoms with E-state index < -0.39 is 0 Å². The van der Waals surface area contributed by atoms with Crippen molar-refractivity contribution in [2.24, 2.45) is 11.8 Å². The van der Waals surface area contributed by atoms with E-state index in [0.717, 1.165) is 30.0 Å². The van der Waals surface area contributed by atoms with E-state index in [4.69, 9.17) is 0 Å². The Labute approximate surface area is 172 Å². The van der Waals surface area contributed by atoms with E-state index in [1.807, 2.05) is 39.0 Å². The highest BCUT2D eigenvalue weighted by atomic mass is 33.1. The number of carbonyl (C=O) groups is 2. The Morgan fingerprint density at radius 2 is 2.00 bits per heavy atom. The summed E-state index contributed by atoms with van der Waals surface area (Å²) in [5.74, 6) is 1.22. The van der Waals surface area contributed by atoms with Gasteiger partial charge in [-0.15, -0.1) is 0 Å². The van der Waals surface area contributed by atoms with Gasteiger partial charge in [-0.1, -0.05) is 44.1 Å². The molecule has 0 aliphatic carbocycles. The second-order valence-electron chi connectivity index (χ2n) is 7.66. The molecule has 1 aromatic heterocycles. The van der Waals surface area contributed by atoms with E-state index >= 15 is 0 Å². The van der Waals surface area contributed by atoms with E-state index in [2.05, 4.69) is 24.1 Å². The minimum atomic E-state index is -0.380. The van der Waals surface area contributed by atoms with Crippen LogP contribution >= 0.6 is 21.6 Å². The summed E-state index contributed by atoms with van der Waals surface area (Å²) in [6.45, 7) is 10.2. The van der Waals surface area contributed by atoms with Crippen molar-refractivity contribution in [1.82, 2.24) is 10.3 Å². The third-order valence-corrected chi connectivity index (χ3v) is 6.77. The van der Waals surface area contributed by atoms with Crippen LogP contribution < -0.4 is 5.32 Å². The topological polar surface area (TPSA) is 59.1 Å². The van der Waals surface area contributed by atoms with Crippen LogP contribution in [0.25, 0.3) is 0 Å². The zero-order valence-electron chi connectivity index (χ0n) is 17.3. The molecule has 0 radical (unpaired) electrons. The maximum atomic E-state index is 12.6. The molecule has 0 spiro atoms. The highest BCUT2D eigenvalue weighted by Gasteiger charge is 2.29. The smallest absolute Gasteiger partial charge is 0.221 e. The Hall–Kier alpha value is -1.01. The molecule has 0 saturated carbocycles. The first kappa shape index (κ1) is 24.0. The van der Waals surface area contributed by atoms with Gasteiger partial charge in [0.15, 0.2) is 0 Å². The van der Waals surface area contributed by atoms with Crippen LogP contribution in [0, 0.1) is 11.8 Å². The Balaban J connectivity index is 2.37. The maximum absolute atomic E-state index is 12.6. The summed E-state index contributed by atoms with van der Waals surface area (Å²) in [5, 5.41) is 4.05. The number of ketones is 1. The normalized spacial score (nSPS) is 13.8. The minimum absolute atomic E-state index is 0.0362. The number of amides is 1. The van der Waals surface area contributed by atoms with E-state index in [1.165, 1.54) is 0 Å². The molecule has 0 fully saturated rings. The van der Waals surface area contributed by atoms with E-state index in [0.29, 0.717) is 18.6 Å². The molecule has 1 heterocycles. The summed E-state index contributed by atoms with van der Waals surface area (Å²) in [4.78, 5) is 29.2. The lowest BCUT2D eigenvalue weighted by molar-refractivity contribution is -0.128. The quantitative estimate of drug-likeness (QED) is 0.342. The van der Waals surface area contributed by atoms with Crippen LogP contribution in [0.1, 0.15) is 66.7 Å². The predicted octanol–water partition coefficient (Wildman–Crippen LogP) is 5.53. The fourth-order valence-electron chi connectivity index (χ4n) is 3.29. The second-order valence-corrected chi connectivity index (χ2v) is 10.1. The first-order valence-corrected chi connectivity index (χ1v) is 12.2. The summed E-state index contributed by atoms with van der Waals surface area (Å²) in [6.07, 6.45) is 5.79. The van der Waals surface area contributed by atoms with Crippen molar-refractivity contribution in [2.45, 2.75) is 77.3 Å². The van der Waals surface area contributed by atoms with Crippen LogP contribution in [-0.2, 0) is 9.59 Å². The molecule has 152 valence electrons. The van der Waals surface area contributed by atoms with Gasteiger partial charge in [0, 0.05) is 35.7 Å². The van der Waals surface area contributed by atoms with Crippen molar-refractivity contribution in [3.05, 3.63) is 24.4 Å². The van der Waals surface area contributed by atoms with Gasteiger partial charge in [0.2, 0.25) is 5.91 Å². The van der Waals surface area contributed by atoms with Gasteiger partial charge >= 0.3 is 0 Å². The van der Waals surface area contributed by atoms with E-state index in [1.54, 1.807) is 27.8 Å². The van der Waals surface area contributed by atoms with Gasteiger partial charge in [0.05, 0.1) is 0 Å². The number of hydrogen-bond acceptors (Lipinski definition) is 5. The molecule has 0 aliphatic rings. The van der Waals surface area contributed by atoms with Crippen molar-refractivity contribution in [1.29, 1.82) is 0 Å². The number of rotatable bonds is 13. The lowest BCUT2D eigenvalue weighted by Crippen LogP contribution is -2.45. The molecule has 2 unspecified atom stereocenters. The van der Waals surface area contributed by atoms with Crippen molar-refractivity contribution in [3.63, 3.8) is 0 Å². The molecule has 0 saturated heterocycles. The summed E-state index contributed by atoms with van der Waals surface area (Å²) in [7, 11) is 3.22. The van der Waals surface area contributed by atoms with Crippen molar-refractivity contribution < 1.29 is 9.59 Å². The van der Waals surface area contributed by atoms with E-state index in [-0.39, 0.29) is 23.3 Å². The van der Waals surface area contributed by atoms with Gasteiger partial charge in [-0.05, 0) is 56.0 Å². The van der Waals surface area contributed by atoms with Gasteiger partial charge in [-0.2, -0.15) is 0 Å². The zero-order chi connectivity index (χ0) is 20.3. The number of hydrogen-bond donors (Lipinski definition) is 1. The predicted molar refractivity (Wildman–Crippen MR) is 117 cm³/mol. The van der Waals surface area contributed by atoms with Gasteiger partial charge < -0.3 is 5.32 Å². The second kappa shape index (κ2) is 12.4. The standard InChI is InChI=1S/C21H34N2O2S2/c1-6-10-17(7-2)20(25)16(3)15-21(4,5)23-18(24)12-14-26-27-19-11-8-9-13-22-19/h8-9,11,13,16-17H,6-7,10,12,14-15H2,1-5H3,(H,23,24). The van der Waals surface area contributed by atoms with Gasteiger partial charge in [0.1, 0.15) is 10.8 Å². The summed E-state index contributed by atoms with van der Waals surface area (Å²) in [5.41, 5.74) is -0.380.